The summed E-state index contributed by atoms with van der Waals surface area (Å²) in [6.45, 7) is 3.29. The number of hydrogen-bond donors (Lipinski definition) is 2. The molecule has 0 amide bonds. The predicted octanol–water partition coefficient (Wildman–Crippen LogP) is 0.867. The number of hydrogen-bond acceptors (Lipinski definition) is 6. The summed E-state index contributed by atoms with van der Waals surface area (Å²) in [6, 6.07) is 0.212. The Morgan fingerprint density at radius 1 is 1.61 bits per heavy atom. The molecule has 1 aliphatic rings. The number of halogens is 1. The molecule has 1 aromatic rings. The number of nitrogens with zero attached hydrogens (tertiary/aromatic N) is 3. The SMILES string of the molecule is CNc1ncnc(N2CC(CO)OCC2C)c1Br. The molecule has 0 aromatic carbocycles. The van der Waals surface area contributed by atoms with Gasteiger partial charge in [0.15, 0.2) is 0 Å². The monoisotopic (exact) mass is 316 g/mol. The van der Waals surface area contributed by atoms with Gasteiger partial charge in [-0.3, -0.25) is 0 Å². The van der Waals surface area contributed by atoms with Gasteiger partial charge >= 0.3 is 0 Å². The van der Waals surface area contributed by atoms with E-state index in [1.807, 2.05) is 7.05 Å². The van der Waals surface area contributed by atoms with Crippen LogP contribution in [0.25, 0.3) is 0 Å². The number of anilines is 2. The minimum atomic E-state index is -0.166. The molecular formula is C11H17BrN4O2. The Hall–Kier alpha value is -0.920. The van der Waals surface area contributed by atoms with Gasteiger partial charge in [0.1, 0.15) is 22.4 Å². The first-order valence-electron chi connectivity index (χ1n) is 5.84. The van der Waals surface area contributed by atoms with Crippen LogP contribution in [0, 0.1) is 0 Å². The maximum Gasteiger partial charge on any atom is 0.148 e. The fourth-order valence-corrected chi connectivity index (χ4v) is 2.59. The zero-order valence-electron chi connectivity index (χ0n) is 10.4. The first-order valence-corrected chi connectivity index (χ1v) is 6.64. The van der Waals surface area contributed by atoms with Gasteiger partial charge < -0.3 is 20.1 Å². The summed E-state index contributed by atoms with van der Waals surface area (Å²) in [5.41, 5.74) is 0. The van der Waals surface area contributed by atoms with Gasteiger partial charge in [-0.05, 0) is 22.9 Å². The fourth-order valence-electron chi connectivity index (χ4n) is 1.96. The van der Waals surface area contributed by atoms with Crippen molar-refractivity contribution in [1.29, 1.82) is 0 Å². The number of ether oxygens (including phenoxy) is 1. The average Bonchev–Trinajstić information content (AvgIpc) is 2.40. The normalized spacial score (nSPS) is 24.1. The molecule has 6 nitrogen and oxygen atoms in total. The van der Waals surface area contributed by atoms with E-state index in [4.69, 9.17) is 4.74 Å². The van der Waals surface area contributed by atoms with Crippen LogP contribution < -0.4 is 10.2 Å². The zero-order valence-corrected chi connectivity index (χ0v) is 12.0. The maximum atomic E-state index is 9.20. The van der Waals surface area contributed by atoms with E-state index >= 15 is 0 Å². The number of nitrogens with one attached hydrogen (secondary N) is 1. The standard InChI is InChI=1S/C11H17BrN4O2/c1-7-5-18-8(4-17)3-16(7)11-9(12)10(13-2)14-6-15-11/h6-8,17H,3-5H2,1-2H3,(H,13,14,15). The van der Waals surface area contributed by atoms with E-state index in [-0.39, 0.29) is 18.8 Å². The van der Waals surface area contributed by atoms with Crippen LogP contribution in [-0.4, -0.2) is 54.0 Å². The van der Waals surface area contributed by atoms with E-state index in [0.717, 1.165) is 16.1 Å². The van der Waals surface area contributed by atoms with E-state index in [0.29, 0.717) is 13.2 Å². The summed E-state index contributed by atoms with van der Waals surface area (Å²) in [4.78, 5) is 10.6. The third-order valence-corrected chi connectivity index (χ3v) is 3.72. The summed E-state index contributed by atoms with van der Waals surface area (Å²) in [5, 5.41) is 12.2. The van der Waals surface area contributed by atoms with Crippen molar-refractivity contribution >= 4 is 27.6 Å². The van der Waals surface area contributed by atoms with Crippen molar-refractivity contribution < 1.29 is 9.84 Å². The number of aliphatic hydroxyl groups is 1. The fraction of sp³-hybridized carbons (Fsp3) is 0.636. The molecule has 2 heterocycles. The molecular weight excluding hydrogens is 300 g/mol. The van der Waals surface area contributed by atoms with Crippen LogP contribution in [0.2, 0.25) is 0 Å². The van der Waals surface area contributed by atoms with Crippen molar-refractivity contribution in [3.8, 4) is 0 Å². The Labute approximate surface area is 115 Å². The Morgan fingerprint density at radius 2 is 2.39 bits per heavy atom. The minimum absolute atomic E-state index is 0.0187. The van der Waals surface area contributed by atoms with Crippen LogP contribution >= 0.6 is 15.9 Å². The van der Waals surface area contributed by atoms with Crippen molar-refractivity contribution in [1.82, 2.24) is 9.97 Å². The van der Waals surface area contributed by atoms with Gasteiger partial charge in [-0.25, -0.2) is 9.97 Å². The molecule has 1 saturated heterocycles. The van der Waals surface area contributed by atoms with E-state index in [1.54, 1.807) is 0 Å². The van der Waals surface area contributed by atoms with Crippen molar-refractivity contribution in [3.63, 3.8) is 0 Å². The van der Waals surface area contributed by atoms with Crippen molar-refractivity contribution in [2.45, 2.75) is 19.1 Å². The van der Waals surface area contributed by atoms with Crippen molar-refractivity contribution in [3.05, 3.63) is 10.8 Å². The number of aliphatic hydroxyl groups excluding tert-OH is 1. The highest BCUT2D eigenvalue weighted by Gasteiger charge is 2.28. The van der Waals surface area contributed by atoms with Crippen LogP contribution in [0.5, 0.6) is 0 Å². The average molecular weight is 317 g/mol. The van der Waals surface area contributed by atoms with Crippen molar-refractivity contribution in [2.24, 2.45) is 0 Å². The van der Waals surface area contributed by atoms with Gasteiger partial charge in [0.25, 0.3) is 0 Å². The topological polar surface area (TPSA) is 70.5 Å². The van der Waals surface area contributed by atoms with Crippen LogP contribution in [0.15, 0.2) is 10.8 Å². The molecule has 0 aliphatic carbocycles. The van der Waals surface area contributed by atoms with E-state index in [1.165, 1.54) is 6.33 Å². The van der Waals surface area contributed by atoms with E-state index in [9.17, 15) is 5.11 Å². The van der Waals surface area contributed by atoms with Gasteiger partial charge in [-0.15, -0.1) is 0 Å². The Kier molecular flexibility index (Phi) is 4.36. The second-order valence-corrected chi connectivity index (χ2v) is 5.04. The lowest BCUT2D eigenvalue weighted by molar-refractivity contribution is -0.0106. The zero-order chi connectivity index (χ0) is 13.1. The van der Waals surface area contributed by atoms with E-state index in [2.05, 4.69) is 43.0 Å². The minimum Gasteiger partial charge on any atom is -0.394 e. The largest absolute Gasteiger partial charge is 0.394 e. The molecule has 0 spiro atoms. The van der Waals surface area contributed by atoms with E-state index < -0.39 is 0 Å². The second-order valence-electron chi connectivity index (χ2n) is 4.25. The number of aromatic nitrogens is 2. The molecule has 100 valence electrons. The van der Waals surface area contributed by atoms with Gasteiger partial charge in [0.2, 0.25) is 0 Å². The molecule has 1 aliphatic heterocycles. The van der Waals surface area contributed by atoms with Gasteiger partial charge in [-0.2, -0.15) is 0 Å². The maximum absolute atomic E-state index is 9.20. The summed E-state index contributed by atoms with van der Waals surface area (Å²) < 4.78 is 6.35. The summed E-state index contributed by atoms with van der Waals surface area (Å²) >= 11 is 3.51. The molecule has 18 heavy (non-hydrogen) atoms. The highest BCUT2D eigenvalue weighted by Crippen LogP contribution is 2.31. The van der Waals surface area contributed by atoms with Gasteiger partial charge in [0, 0.05) is 13.6 Å². The second kappa shape index (κ2) is 5.81. The third kappa shape index (κ3) is 2.57. The first kappa shape index (κ1) is 13.5. The third-order valence-electron chi connectivity index (χ3n) is 2.99. The highest BCUT2D eigenvalue weighted by molar-refractivity contribution is 9.10. The lowest BCUT2D eigenvalue weighted by Gasteiger charge is -2.38. The highest BCUT2D eigenvalue weighted by atomic mass is 79.9. The molecule has 1 fully saturated rings. The number of morpholine rings is 1. The molecule has 0 saturated carbocycles. The molecule has 2 atom stereocenters. The van der Waals surface area contributed by atoms with Crippen molar-refractivity contribution in [2.75, 3.05) is 37.0 Å². The Balaban J connectivity index is 2.28. The van der Waals surface area contributed by atoms with Gasteiger partial charge in [-0.1, -0.05) is 0 Å². The summed E-state index contributed by atoms with van der Waals surface area (Å²) in [6.07, 6.45) is 1.36. The molecule has 0 bridgehead atoms. The predicted molar refractivity (Wildman–Crippen MR) is 72.9 cm³/mol. The van der Waals surface area contributed by atoms with Gasteiger partial charge in [0.05, 0.1) is 25.4 Å². The smallest absolute Gasteiger partial charge is 0.148 e. The number of rotatable bonds is 3. The Bertz CT molecular complexity index is 418. The molecule has 0 radical (unpaired) electrons. The molecule has 2 N–H and O–H groups in total. The molecule has 1 aromatic heterocycles. The molecule has 2 unspecified atom stereocenters. The summed E-state index contributed by atoms with van der Waals surface area (Å²) in [5.74, 6) is 1.57. The molecule has 2 rings (SSSR count). The quantitative estimate of drug-likeness (QED) is 0.862. The lowest BCUT2D eigenvalue weighted by atomic mass is 10.2. The van der Waals surface area contributed by atoms with Crippen LogP contribution in [0.1, 0.15) is 6.92 Å². The van der Waals surface area contributed by atoms with Crippen LogP contribution in [0.3, 0.4) is 0 Å². The molecule has 7 heteroatoms. The Morgan fingerprint density at radius 3 is 3.06 bits per heavy atom. The summed E-state index contributed by atoms with van der Waals surface area (Å²) in [7, 11) is 1.82. The first-order chi connectivity index (χ1) is 8.67. The van der Waals surface area contributed by atoms with Crippen LogP contribution in [0.4, 0.5) is 11.6 Å². The lowest BCUT2D eigenvalue weighted by Crippen LogP contribution is -2.50. The van der Waals surface area contributed by atoms with Crippen LogP contribution in [-0.2, 0) is 4.74 Å².